The highest BCUT2D eigenvalue weighted by Gasteiger charge is 2.14. The Labute approximate surface area is 183 Å². The highest BCUT2D eigenvalue weighted by Crippen LogP contribution is 2.15. The summed E-state index contributed by atoms with van der Waals surface area (Å²) in [5, 5.41) is 6.22. The van der Waals surface area contributed by atoms with Gasteiger partial charge in [-0.1, -0.05) is 31.2 Å². The van der Waals surface area contributed by atoms with Crippen molar-refractivity contribution in [3.8, 4) is 5.75 Å². The molecule has 162 valence electrons. The highest BCUT2D eigenvalue weighted by molar-refractivity contribution is 6.39. The van der Waals surface area contributed by atoms with Gasteiger partial charge < -0.3 is 10.1 Å². The average Bonchev–Trinajstić information content (AvgIpc) is 2.80. The monoisotopic (exact) mass is 433 g/mol. The third-order valence-corrected chi connectivity index (χ3v) is 4.39. The summed E-state index contributed by atoms with van der Waals surface area (Å²) in [5.74, 6) is -3.03. The summed E-state index contributed by atoms with van der Waals surface area (Å²) in [6.07, 6.45) is 2.20. The van der Waals surface area contributed by atoms with E-state index in [0.29, 0.717) is 11.3 Å². The lowest BCUT2D eigenvalue weighted by Gasteiger charge is -2.05. The molecule has 0 radical (unpaired) electrons. The van der Waals surface area contributed by atoms with E-state index in [0.717, 1.165) is 12.0 Å². The van der Waals surface area contributed by atoms with Crippen molar-refractivity contribution in [3.63, 3.8) is 0 Å². The van der Waals surface area contributed by atoms with Crippen LogP contribution in [0.15, 0.2) is 77.9 Å². The van der Waals surface area contributed by atoms with Crippen molar-refractivity contribution in [2.75, 3.05) is 5.32 Å². The third kappa shape index (κ3) is 6.09. The zero-order chi connectivity index (χ0) is 22.9. The van der Waals surface area contributed by atoms with Crippen molar-refractivity contribution in [3.05, 3.63) is 95.3 Å². The van der Waals surface area contributed by atoms with E-state index in [2.05, 4.69) is 15.8 Å². The maximum Gasteiger partial charge on any atom is 0.346 e. The molecule has 0 aliphatic heterocycles. The van der Waals surface area contributed by atoms with Crippen molar-refractivity contribution >= 4 is 29.7 Å². The molecule has 3 rings (SSSR count). The zero-order valence-electron chi connectivity index (χ0n) is 17.2. The molecule has 0 aliphatic carbocycles. The Morgan fingerprint density at radius 2 is 1.62 bits per heavy atom. The SMILES string of the molecule is CCc1ccc(NC(=O)C(=O)N/N=C\c2ccc(OC(=O)c3ccccc3F)cc2)cc1. The standard InChI is InChI=1S/C24H20FN3O4/c1-2-16-7-11-18(12-8-16)27-22(29)23(30)28-26-15-17-9-13-19(14-10-17)32-24(31)20-5-3-4-6-21(20)25/h3-15H,2H2,1H3,(H,27,29)(H,28,30)/b26-15-. The van der Waals surface area contributed by atoms with Crippen LogP contribution in [0.5, 0.6) is 5.75 Å². The normalized spacial score (nSPS) is 10.6. The van der Waals surface area contributed by atoms with E-state index in [1.165, 1.54) is 42.6 Å². The predicted octanol–water partition coefficient (Wildman–Crippen LogP) is 3.70. The van der Waals surface area contributed by atoms with Gasteiger partial charge in [0.05, 0.1) is 11.8 Å². The fourth-order valence-corrected chi connectivity index (χ4v) is 2.64. The molecule has 2 N–H and O–H groups in total. The fraction of sp³-hybridized carbons (Fsp3) is 0.0833. The van der Waals surface area contributed by atoms with Gasteiger partial charge in [0.2, 0.25) is 0 Å². The van der Waals surface area contributed by atoms with Gasteiger partial charge in [-0.05, 0) is 66.1 Å². The molecule has 0 saturated carbocycles. The molecule has 0 aliphatic rings. The lowest BCUT2D eigenvalue weighted by atomic mass is 10.1. The first-order chi connectivity index (χ1) is 15.5. The molecule has 0 atom stereocenters. The van der Waals surface area contributed by atoms with Gasteiger partial charge in [0, 0.05) is 5.69 Å². The van der Waals surface area contributed by atoms with E-state index in [9.17, 15) is 18.8 Å². The Kier molecular flexibility index (Phi) is 7.42. The van der Waals surface area contributed by atoms with E-state index in [4.69, 9.17) is 4.74 Å². The van der Waals surface area contributed by atoms with Crippen molar-refractivity contribution in [2.24, 2.45) is 5.10 Å². The van der Waals surface area contributed by atoms with Gasteiger partial charge in [-0.3, -0.25) is 9.59 Å². The minimum atomic E-state index is -0.920. The second kappa shape index (κ2) is 10.6. The van der Waals surface area contributed by atoms with E-state index < -0.39 is 23.6 Å². The van der Waals surface area contributed by atoms with Crippen LogP contribution < -0.4 is 15.5 Å². The Hall–Kier alpha value is -4.33. The van der Waals surface area contributed by atoms with Gasteiger partial charge in [0.1, 0.15) is 11.6 Å². The molecule has 0 fully saturated rings. The van der Waals surface area contributed by atoms with Crippen molar-refractivity contribution in [1.82, 2.24) is 5.43 Å². The van der Waals surface area contributed by atoms with E-state index in [1.54, 1.807) is 24.3 Å². The molecule has 3 aromatic rings. The summed E-state index contributed by atoms with van der Waals surface area (Å²) in [5.41, 5.74) is 4.17. The van der Waals surface area contributed by atoms with E-state index in [-0.39, 0.29) is 11.3 Å². The predicted molar refractivity (Wildman–Crippen MR) is 118 cm³/mol. The quantitative estimate of drug-likeness (QED) is 0.204. The number of esters is 1. The number of rotatable bonds is 6. The fourth-order valence-electron chi connectivity index (χ4n) is 2.64. The van der Waals surface area contributed by atoms with Crippen molar-refractivity contribution in [2.45, 2.75) is 13.3 Å². The Morgan fingerprint density at radius 1 is 0.938 bits per heavy atom. The summed E-state index contributed by atoms with van der Waals surface area (Å²) >= 11 is 0. The molecule has 8 heteroatoms. The molecular weight excluding hydrogens is 413 g/mol. The Balaban J connectivity index is 1.50. The number of halogens is 1. The molecule has 0 unspecified atom stereocenters. The summed E-state index contributed by atoms with van der Waals surface area (Å²) in [7, 11) is 0. The molecule has 3 aromatic carbocycles. The first kappa shape index (κ1) is 22.4. The number of carbonyl (C=O) groups is 3. The van der Waals surface area contributed by atoms with Crippen LogP contribution in [0, 0.1) is 5.82 Å². The molecule has 0 aromatic heterocycles. The number of nitrogens with zero attached hydrogens (tertiary/aromatic N) is 1. The summed E-state index contributed by atoms with van der Waals surface area (Å²) in [6, 6.07) is 18.8. The molecule has 0 heterocycles. The summed E-state index contributed by atoms with van der Waals surface area (Å²) in [4.78, 5) is 35.8. The van der Waals surface area contributed by atoms with Gasteiger partial charge in [0.25, 0.3) is 0 Å². The summed E-state index contributed by atoms with van der Waals surface area (Å²) in [6.45, 7) is 2.02. The van der Waals surface area contributed by atoms with Gasteiger partial charge in [-0.2, -0.15) is 5.10 Å². The number of hydrazone groups is 1. The largest absolute Gasteiger partial charge is 0.423 e. The summed E-state index contributed by atoms with van der Waals surface area (Å²) < 4.78 is 18.8. The number of aryl methyl sites for hydroxylation is 1. The number of ether oxygens (including phenoxy) is 1. The van der Waals surface area contributed by atoms with Crippen LogP contribution in [0.4, 0.5) is 10.1 Å². The van der Waals surface area contributed by atoms with Gasteiger partial charge >= 0.3 is 17.8 Å². The molecule has 0 spiro atoms. The number of carbonyl (C=O) groups excluding carboxylic acids is 3. The minimum Gasteiger partial charge on any atom is -0.423 e. The van der Waals surface area contributed by atoms with Gasteiger partial charge in [-0.25, -0.2) is 14.6 Å². The van der Waals surface area contributed by atoms with Crippen LogP contribution in [0.1, 0.15) is 28.4 Å². The topological polar surface area (TPSA) is 96.9 Å². The maximum atomic E-state index is 13.6. The van der Waals surface area contributed by atoms with Crippen molar-refractivity contribution < 1.29 is 23.5 Å². The van der Waals surface area contributed by atoms with Crippen LogP contribution in [0.3, 0.4) is 0 Å². The number of hydrogen-bond acceptors (Lipinski definition) is 5. The second-order valence-corrected chi connectivity index (χ2v) is 6.64. The smallest absolute Gasteiger partial charge is 0.346 e. The first-order valence-electron chi connectivity index (χ1n) is 9.76. The zero-order valence-corrected chi connectivity index (χ0v) is 17.2. The number of amides is 2. The average molecular weight is 433 g/mol. The molecular formula is C24H20FN3O4. The third-order valence-electron chi connectivity index (χ3n) is 4.39. The molecule has 0 saturated heterocycles. The van der Waals surface area contributed by atoms with E-state index >= 15 is 0 Å². The van der Waals surface area contributed by atoms with Crippen LogP contribution in [-0.2, 0) is 16.0 Å². The van der Waals surface area contributed by atoms with Crippen LogP contribution in [-0.4, -0.2) is 24.0 Å². The van der Waals surface area contributed by atoms with Crippen LogP contribution in [0.25, 0.3) is 0 Å². The number of benzene rings is 3. The van der Waals surface area contributed by atoms with Crippen molar-refractivity contribution in [1.29, 1.82) is 0 Å². The number of hydrogen-bond donors (Lipinski definition) is 2. The second-order valence-electron chi connectivity index (χ2n) is 6.64. The van der Waals surface area contributed by atoms with Gasteiger partial charge in [0.15, 0.2) is 0 Å². The maximum absolute atomic E-state index is 13.6. The number of anilines is 1. The Morgan fingerprint density at radius 3 is 2.28 bits per heavy atom. The molecule has 32 heavy (non-hydrogen) atoms. The number of nitrogens with one attached hydrogen (secondary N) is 2. The first-order valence-corrected chi connectivity index (χ1v) is 9.76. The highest BCUT2D eigenvalue weighted by atomic mass is 19.1. The minimum absolute atomic E-state index is 0.166. The lowest BCUT2D eigenvalue weighted by Crippen LogP contribution is -2.32. The van der Waals surface area contributed by atoms with Crippen LogP contribution in [0.2, 0.25) is 0 Å². The van der Waals surface area contributed by atoms with Gasteiger partial charge in [-0.15, -0.1) is 0 Å². The Bertz CT molecular complexity index is 1140. The molecule has 0 bridgehead atoms. The van der Waals surface area contributed by atoms with E-state index in [1.807, 2.05) is 19.1 Å². The molecule has 7 nitrogen and oxygen atoms in total. The molecule has 2 amide bonds. The van der Waals surface area contributed by atoms with Crippen LogP contribution >= 0.6 is 0 Å². The lowest BCUT2D eigenvalue weighted by molar-refractivity contribution is -0.136.